The largest absolute Gasteiger partial charge is 0.449 e. The van der Waals surface area contributed by atoms with E-state index in [-0.39, 0.29) is 5.91 Å². The standard InChI is InChI=1S/C34H45N7O3S/c1-6-7-11-44-33(43)37-29-14-25(34(16-23(3)17-34)32-38-35-21-39(32)4)15-30(36-29)41-20-27-26(31(41)42)12-24(13-28(27)45-5)19-40-10-8-9-22(2)18-40/h12-15,21-23H,6-11,16-20H2,1-5H3,(H,36,37,43)/t22-,23-,34+/m0/s1. The fourth-order valence-corrected chi connectivity index (χ4v) is 8.11. The van der Waals surface area contributed by atoms with Gasteiger partial charge < -0.3 is 9.30 Å². The molecule has 2 aliphatic heterocycles. The summed E-state index contributed by atoms with van der Waals surface area (Å²) < 4.78 is 7.37. The first-order valence-corrected chi connectivity index (χ1v) is 17.5. The highest BCUT2D eigenvalue weighted by Crippen LogP contribution is 2.52. The molecule has 0 bridgehead atoms. The number of carbonyl (C=O) groups excluding carboxylic acids is 2. The van der Waals surface area contributed by atoms with Gasteiger partial charge in [0, 0.05) is 30.6 Å². The van der Waals surface area contributed by atoms with Crippen LogP contribution in [0.4, 0.5) is 16.4 Å². The first kappa shape index (κ1) is 31.5. The third-order valence-corrected chi connectivity index (χ3v) is 10.4. The Labute approximate surface area is 270 Å². The first-order valence-electron chi connectivity index (χ1n) is 16.3. The molecule has 4 heterocycles. The Balaban J connectivity index is 1.35. The molecule has 0 spiro atoms. The Hall–Kier alpha value is -3.44. The van der Waals surface area contributed by atoms with Gasteiger partial charge in [0.1, 0.15) is 23.8 Å². The molecular formula is C34H45N7O3S. The summed E-state index contributed by atoms with van der Waals surface area (Å²) in [4.78, 5) is 37.1. The van der Waals surface area contributed by atoms with Gasteiger partial charge in [0.05, 0.1) is 18.6 Å². The molecule has 240 valence electrons. The summed E-state index contributed by atoms with van der Waals surface area (Å²) in [7, 11) is 1.96. The van der Waals surface area contributed by atoms with Crippen molar-refractivity contribution in [2.24, 2.45) is 18.9 Å². The maximum absolute atomic E-state index is 14.2. The van der Waals surface area contributed by atoms with E-state index in [4.69, 9.17) is 9.72 Å². The van der Waals surface area contributed by atoms with Crippen LogP contribution in [-0.2, 0) is 30.3 Å². The van der Waals surface area contributed by atoms with E-state index >= 15 is 0 Å². The summed E-state index contributed by atoms with van der Waals surface area (Å²) in [6.07, 6.45) is 9.22. The molecule has 2 amide bonds. The van der Waals surface area contributed by atoms with Gasteiger partial charge in [-0.25, -0.2) is 9.78 Å². The lowest BCUT2D eigenvalue weighted by Crippen LogP contribution is -2.43. The molecule has 3 aliphatic rings. The van der Waals surface area contributed by atoms with Crippen molar-refractivity contribution in [1.29, 1.82) is 0 Å². The number of aromatic nitrogens is 4. The van der Waals surface area contributed by atoms with E-state index in [2.05, 4.69) is 59.6 Å². The van der Waals surface area contributed by atoms with Crippen LogP contribution in [0.5, 0.6) is 0 Å². The number of piperidine rings is 1. The van der Waals surface area contributed by atoms with Crippen LogP contribution in [0.15, 0.2) is 35.5 Å². The fourth-order valence-electron chi connectivity index (χ4n) is 7.42. The third kappa shape index (κ3) is 6.34. The minimum absolute atomic E-state index is 0.0648. The summed E-state index contributed by atoms with van der Waals surface area (Å²) in [5.41, 5.74) is 3.50. The maximum Gasteiger partial charge on any atom is 0.412 e. The number of unbranched alkanes of at least 4 members (excludes halogenated alkanes) is 1. The number of benzene rings is 1. The zero-order valence-electron chi connectivity index (χ0n) is 27.1. The second kappa shape index (κ2) is 13.1. The predicted octanol–water partition coefficient (Wildman–Crippen LogP) is 6.39. The van der Waals surface area contributed by atoms with Gasteiger partial charge in [0.15, 0.2) is 0 Å². The van der Waals surface area contributed by atoms with Crippen LogP contribution in [0.2, 0.25) is 0 Å². The summed E-state index contributed by atoms with van der Waals surface area (Å²) >= 11 is 1.68. The molecule has 1 saturated carbocycles. The number of carbonyl (C=O) groups is 2. The lowest BCUT2D eigenvalue weighted by atomic mass is 9.58. The van der Waals surface area contributed by atoms with Crippen LogP contribution in [0.3, 0.4) is 0 Å². The van der Waals surface area contributed by atoms with Crippen LogP contribution in [0.1, 0.15) is 92.2 Å². The van der Waals surface area contributed by atoms with Crippen molar-refractivity contribution < 1.29 is 14.3 Å². The smallest absolute Gasteiger partial charge is 0.412 e. The van der Waals surface area contributed by atoms with E-state index in [1.165, 1.54) is 18.4 Å². The average Bonchev–Trinajstić information content (AvgIpc) is 3.58. The number of rotatable bonds is 10. The number of nitrogens with zero attached hydrogens (tertiary/aromatic N) is 6. The van der Waals surface area contributed by atoms with E-state index in [1.54, 1.807) is 23.0 Å². The van der Waals surface area contributed by atoms with Crippen LogP contribution >= 0.6 is 11.8 Å². The number of thioether (sulfide) groups is 1. The van der Waals surface area contributed by atoms with Crippen molar-refractivity contribution in [3.05, 3.63) is 58.7 Å². The molecule has 11 heteroatoms. The van der Waals surface area contributed by atoms with Crippen molar-refractivity contribution >= 4 is 35.4 Å². The minimum Gasteiger partial charge on any atom is -0.449 e. The molecule has 6 rings (SSSR count). The van der Waals surface area contributed by atoms with E-state index in [0.29, 0.717) is 36.6 Å². The number of ether oxygens (including phenoxy) is 1. The normalized spacial score (nSPS) is 23.1. The molecule has 1 aliphatic carbocycles. The summed E-state index contributed by atoms with van der Waals surface area (Å²) in [5.74, 6) is 2.86. The topological polar surface area (TPSA) is 105 Å². The number of nitrogens with one attached hydrogen (secondary N) is 1. The second-order valence-corrected chi connectivity index (χ2v) is 14.1. The number of likely N-dealkylation sites (tertiary alicyclic amines) is 1. The second-order valence-electron chi connectivity index (χ2n) is 13.3. The van der Waals surface area contributed by atoms with E-state index in [1.807, 2.05) is 23.7 Å². The van der Waals surface area contributed by atoms with E-state index < -0.39 is 11.5 Å². The molecule has 1 atom stereocenters. The number of aryl methyl sites for hydroxylation is 1. The molecule has 1 aromatic carbocycles. The zero-order chi connectivity index (χ0) is 31.7. The molecule has 2 fully saturated rings. The molecule has 1 N–H and O–H groups in total. The Morgan fingerprint density at radius 3 is 2.69 bits per heavy atom. The Bertz CT molecular complexity index is 1570. The molecule has 45 heavy (non-hydrogen) atoms. The van der Waals surface area contributed by atoms with Crippen LogP contribution < -0.4 is 10.2 Å². The van der Waals surface area contributed by atoms with Crippen molar-refractivity contribution in [2.45, 2.75) is 82.7 Å². The van der Waals surface area contributed by atoms with Gasteiger partial charge in [-0.1, -0.05) is 27.2 Å². The number of pyridine rings is 1. The number of amides is 2. The van der Waals surface area contributed by atoms with Gasteiger partial charge in [-0.05, 0) is 97.7 Å². The summed E-state index contributed by atoms with van der Waals surface area (Å²) in [6.45, 7) is 10.4. The summed E-state index contributed by atoms with van der Waals surface area (Å²) in [6, 6.07) is 8.25. The number of hydrogen-bond donors (Lipinski definition) is 1. The van der Waals surface area contributed by atoms with Gasteiger partial charge in [-0.3, -0.25) is 19.9 Å². The highest BCUT2D eigenvalue weighted by Gasteiger charge is 2.49. The van der Waals surface area contributed by atoms with Crippen LogP contribution in [0, 0.1) is 11.8 Å². The zero-order valence-corrected chi connectivity index (χ0v) is 28.0. The fraction of sp³-hybridized carbons (Fsp3) is 0.559. The average molecular weight is 632 g/mol. The molecule has 3 aromatic rings. The van der Waals surface area contributed by atoms with Crippen LogP contribution in [-0.4, -0.2) is 62.6 Å². The Kier molecular flexibility index (Phi) is 9.19. The molecule has 0 unspecified atom stereocenters. The maximum atomic E-state index is 14.2. The van der Waals surface area contributed by atoms with Gasteiger partial charge in [0.25, 0.3) is 5.91 Å². The SMILES string of the molecule is CCCCOC(=O)Nc1cc([C@]2(c3nncn3C)C[C@@H](C)C2)cc(N2Cc3c(SC)cc(CN4CCC[C@H](C)C4)cc3C2=O)n1. The van der Waals surface area contributed by atoms with E-state index in [0.717, 1.165) is 72.7 Å². The minimum atomic E-state index is -0.550. The monoisotopic (exact) mass is 631 g/mol. The molecule has 1 saturated heterocycles. The van der Waals surface area contributed by atoms with E-state index in [9.17, 15) is 9.59 Å². The highest BCUT2D eigenvalue weighted by atomic mass is 32.2. The van der Waals surface area contributed by atoms with Gasteiger partial charge in [0.2, 0.25) is 0 Å². The highest BCUT2D eigenvalue weighted by molar-refractivity contribution is 7.98. The lowest BCUT2D eigenvalue weighted by Gasteiger charge is -2.46. The predicted molar refractivity (Wildman–Crippen MR) is 177 cm³/mol. The van der Waals surface area contributed by atoms with Gasteiger partial charge >= 0.3 is 6.09 Å². The number of fused-ring (bicyclic) bond motifs is 1. The van der Waals surface area contributed by atoms with Crippen molar-refractivity contribution in [2.75, 3.05) is 36.2 Å². The third-order valence-electron chi connectivity index (χ3n) is 9.56. The summed E-state index contributed by atoms with van der Waals surface area (Å²) in [5, 5.41) is 11.5. The molecule has 10 nitrogen and oxygen atoms in total. The molecule has 2 aromatic heterocycles. The number of hydrogen-bond acceptors (Lipinski definition) is 8. The number of anilines is 2. The van der Waals surface area contributed by atoms with Crippen molar-refractivity contribution in [3.63, 3.8) is 0 Å². The first-order chi connectivity index (χ1) is 21.7. The molecule has 0 radical (unpaired) electrons. The Morgan fingerprint density at radius 2 is 2.00 bits per heavy atom. The van der Waals surface area contributed by atoms with Gasteiger partial charge in [-0.2, -0.15) is 0 Å². The van der Waals surface area contributed by atoms with Crippen molar-refractivity contribution in [3.8, 4) is 0 Å². The Morgan fingerprint density at radius 1 is 1.18 bits per heavy atom. The van der Waals surface area contributed by atoms with Gasteiger partial charge in [-0.15, -0.1) is 22.0 Å². The van der Waals surface area contributed by atoms with Crippen LogP contribution in [0.25, 0.3) is 0 Å². The quantitative estimate of drug-likeness (QED) is 0.203. The lowest BCUT2D eigenvalue weighted by molar-refractivity contribution is 0.0995. The van der Waals surface area contributed by atoms with Crippen molar-refractivity contribution in [1.82, 2.24) is 24.6 Å². The molecular weight excluding hydrogens is 586 g/mol.